The van der Waals surface area contributed by atoms with Crippen LogP contribution in [0.1, 0.15) is 17.8 Å². The molecule has 2 amide bonds. The summed E-state index contributed by atoms with van der Waals surface area (Å²) in [6.45, 7) is -0.0993. The van der Waals surface area contributed by atoms with E-state index < -0.39 is 43.8 Å². The molecule has 9 nitrogen and oxygen atoms in total. The van der Waals surface area contributed by atoms with Crippen molar-refractivity contribution >= 4 is 27.7 Å². The fourth-order valence-corrected chi connectivity index (χ4v) is 3.96. The third-order valence-corrected chi connectivity index (χ3v) is 5.91. The minimum absolute atomic E-state index is 0.0387. The molecule has 1 aromatic heterocycles. The standard InChI is InChI=1S/C11H14F2N4O5S2/c1-15(19)24(20,21)22-17-7-2-3-8(16(6-7)10(17)18)11(12,13)9-14-4-5-23-9/h4-5,7-8,15H,2-3,6H2,1H3/t7?,8-/m0/s1. The summed E-state index contributed by atoms with van der Waals surface area (Å²) in [4.78, 5) is 16.8. The lowest BCUT2D eigenvalue weighted by Crippen LogP contribution is -3.06. The maximum Gasteiger partial charge on any atom is 0.455 e. The number of rotatable bonds is 5. The van der Waals surface area contributed by atoms with Crippen LogP contribution in [-0.4, -0.2) is 55.1 Å². The summed E-state index contributed by atoms with van der Waals surface area (Å²) in [5.74, 6) is -3.36. The maximum absolute atomic E-state index is 14.6. The quantitative estimate of drug-likeness (QED) is 0.698. The number of halogens is 2. The molecule has 3 heterocycles. The number of piperidine rings is 1. The van der Waals surface area contributed by atoms with E-state index >= 15 is 0 Å². The predicted octanol–water partition coefficient (Wildman–Crippen LogP) is -0.308. The number of nitrogens with zero attached hydrogens (tertiary/aromatic N) is 3. The second-order valence-electron chi connectivity index (χ2n) is 5.49. The van der Waals surface area contributed by atoms with Gasteiger partial charge in [0.05, 0.1) is 13.1 Å². The van der Waals surface area contributed by atoms with Gasteiger partial charge in [0.2, 0.25) is 0 Å². The summed E-state index contributed by atoms with van der Waals surface area (Å²) in [7, 11) is -3.83. The number of hydrogen-bond acceptors (Lipinski definition) is 7. The van der Waals surface area contributed by atoms with Crippen LogP contribution in [0.25, 0.3) is 0 Å². The van der Waals surface area contributed by atoms with Crippen LogP contribution in [0.5, 0.6) is 0 Å². The topological polar surface area (TPSA) is 107 Å². The van der Waals surface area contributed by atoms with Crippen LogP contribution in [0.2, 0.25) is 0 Å². The number of carbonyl (C=O) groups excluding carboxylic acids is 1. The smallest absolute Gasteiger partial charge is 0.455 e. The fraction of sp³-hybridized carbons (Fsp3) is 0.636. The van der Waals surface area contributed by atoms with Crippen molar-refractivity contribution < 1.29 is 30.7 Å². The first kappa shape index (κ1) is 17.4. The number of hydrogen-bond donors (Lipinski definition) is 1. The molecule has 134 valence electrons. The number of alkyl halides is 2. The van der Waals surface area contributed by atoms with Crippen molar-refractivity contribution in [2.75, 3.05) is 13.6 Å². The van der Waals surface area contributed by atoms with Crippen LogP contribution in [0.15, 0.2) is 11.6 Å². The highest BCUT2D eigenvalue weighted by Crippen LogP contribution is 2.43. The van der Waals surface area contributed by atoms with Gasteiger partial charge in [-0.15, -0.1) is 19.8 Å². The van der Waals surface area contributed by atoms with Gasteiger partial charge in [0, 0.05) is 18.1 Å². The van der Waals surface area contributed by atoms with E-state index in [0.717, 1.165) is 23.3 Å². The van der Waals surface area contributed by atoms with Gasteiger partial charge in [-0.25, -0.2) is 14.2 Å². The largest absolute Gasteiger partial charge is 0.617 e. The molecule has 2 bridgehead atoms. The van der Waals surface area contributed by atoms with Crippen LogP contribution in [0.3, 0.4) is 0 Å². The molecule has 0 aromatic carbocycles. The molecule has 24 heavy (non-hydrogen) atoms. The fourth-order valence-electron chi connectivity index (χ4n) is 2.80. The highest BCUT2D eigenvalue weighted by molar-refractivity contribution is 7.80. The second-order valence-corrected chi connectivity index (χ2v) is 8.01. The van der Waals surface area contributed by atoms with Gasteiger partial charge in [0.1, 0.15) is 6.04 Å². The minimum Gasteiger partial charge on any atom is -0.617 e. The van der Waals surface area contributed by atoms with Crippen LogP contribution in [0, 0.1) is 5.21 Å². The first-order valence-corrected chi connectivity index (χ1v) is 9.26. The Kier molecular flexibility index (Phi) is 4.24. The highest BCUT2D eigenvalue weighted by atomic mass is 32.2. The number of urea groups is 1. The highest BCUT2D eigenvalue weighted by Gasteiger charge is 2.57. The summed E-state index contributed by atoms with van der Waals surface area (Å²) in [6, 6.07) is -3.14. The average molecular weight is 384 g/mol. The SMILES string of the molecule is C[NH+]([O-])S(=O)(=O)ON1C(=O)N2CC1CC[C@H]2C(F)(F)c1nccs1. The van der Waals surface area contributed by atoms with Gasteiger partial charge in [-0.1, -0.05) is 4.28 Å². The zero-order chi connectivity index (χ0) is 17.7. The Morgan fingerprint density at radius 2 is 2.21 bits per heavy atom. The molecule has 2 aliphatic rings. The second kappa shape index (κ2) is 5.84. The molecule has 2 fully saturated rings. The number of aromatic nitrogens is 1. The zero-order valence-electron chi connectivity index (χ0n) is 12.4. The van der Waals surface area contributed by atoms with Crippen molar-refractivity contribution in [3.05, 3.63) is 21.8 Å². The van der Waals surface area contributed by atoms with E-state index in [9.17, 15) is 27.2 Å². The number of fused-ring (bicyclic) bond motifs is 2. The lowest BCUT2D eigenvalue weighted by atomic mass is 9.96. The first-order chi connectivity index (χ1) is 11.1. The molecule has 2 aliphatic heterocycles. The molecule has 3 atom stereocenters. The molecule has 0 spiro atoms. The van der Waals surface area contributed by atoms with Gasteiger partial charge in [-0.3, -0.25) is 0 Å². The zero-order valence-corrected chi connectivity index (χ0v) is 14.0. The summed E-state index contributed by atoms with van der Waals surface area (Å²) < 4.78 is 55.6. The molecule has 0 radical (unpaired) electrons. The number of carbonyl (C=O) groups is 1. The van der Waals surface area contributed by atoms with Crippen LogP contribution < -0.4 is 4.47 Å². The molecule has 2 unspecified atom stereocenters. The van der Waals surface area contributed by atoms with Gasteiger partial charge < -0.3 is 10.1 Å². The lowest BCUT2D eigenvalue weighted by Gasteiger charge is -2.34. The average Bonchev–Trinajstić information content (AvgIpc) is 3.12. The van der Waals surface area contributed by atoms with Crippen LogP contribution >= 0.6 is 11.3 Å². The third kappa shape index (κ3) is 2.75. The predicted molar refractivity (Wildman–Crippen MR) is 77.0 cm³/mol. The summed E-state index contributed by atoms with van der Waals surface area (Å²) in [6.07, 6.45) is 1.34. The molecular weight excluding hydrogens is 370 g/mol. The van der Waals surface area contributed by atoms with Crippen molar-refractivity contribution in [3.63, 3.8) is 0 Å². The van der Waals surface area contributed by atoms with Crippen molar-refractivity contribution in [2.45, 2.75) is 30.8 Å². The number of quaternary nitrogens is 1. The Morgan fingerprint density at radius 3 is 2.79 bits per heavy atom. The molecule has 1 aromatic rings. The van der Waals surface area contributed by atoms with E-state index in [1.807, 2.05) is 0 Å². The van der Waals surface area contributed by atoms with Gasteiger partial charge in [-0.2, -0.15) is 13.8 Å². The number of nitrogens with one attached hydrogen (secondary N) is 1. The summed E-state index contributed by atoms with van der Waals surface area (Å²) in [5, 5.41) is 12.6. The van der Waals surface area contributed by atoms with Crippen molar-refractivity contribution in [1.82, 2.24) is 14.9 Å². The molecule has 0 aliphatic carbocycles. The van der Waals surface area contributed by atoms with Gasteiger partial charge >= 0.3 is 22.3 Å². The third-order valence-electron chi connectivity index (χ3n) is 3.99. The van der Waals surface area contributed by atoms with E-state index in [1.165, 1.54) is 11.6 Å². The Bertz CT molecular complexity index is 727. The molecule has 3 rings (SSSR count). The monoisotopic (exact) mass is 384 g/mol. The van der Waals surface area contributed by atoms with E-state index in [-0.39, 0.29) is 19.4 Å². The van der Waals surface area contributed by atoms with E-state index in [0.29, 0.717) is 5.06 Å². The van der Waals surface area contributed by atoms with Gasteiger partial charge in [0.25, 0.3) is 0 Å². The van der Waals surface area contributed by atoms with Gasteiger partial charge in [-0.05, 0) is 12.8 Å². The Balaban J connectivity index is 1.83. The van der Waals surface area contributed by atoms with Crippen molar-refractivity contribution in [3.8, 4) is 0 Å². The van der Waals surface area contributed by atoms with Crippen molar-refractivity contribution in [2.24, 2.45) is 0 Å². The molecule has 0 saturated carbocycles. The number of amides is 2. The van der Waals surface area contributed by atoms with E-state index in [4.69, 9.17) is 0 Å². The van der Waals surface area contributed by atoms with Crippen molar-refractivity contribution in [1.29, 1.82) is 0 Å². The maximum atomic E-state index is 14.6. The van der Waals surface area contributed by atoms with Gasteiger partial charge in [0.15, 0.2) is 5.01 Å². The molecule has 13 heteroatoms. The van der Waals surface area contributed by atoms with Crippen LogP contribution in [0.4, 0.5) is 13.6 Å². The minimum atomic E-state index is -4.61. The number of thiazole rings is 1. The summed E-state index contributed by atoms with van der Waals surface area (Å²) >= 11 is 0.781. The first-order valence-electron chi connectivity index (χ1n) is 6.97. The summed E-state index contributed by atoms with van der Waals surface area (Å²) in [5.41, 5.74) is 0. The Morgan fingerprint density at radius 1 is 1.50 bits per heavy atom. The molecule has 2 saturated heterocycles. The van der Waals surface area contributed by atoms with Crippen LogP contribution in [-0.2, 0) is 20.5 Å². The van der Waals surface area contributed by atoms with E-state index in [2.05, 4.69) is 9.27 Å². The lowest BCUT2D eigenvalue weighted by molar-refractivity contribution is -0.689. The molecule has 1 N–H and O–H groups in total. The number of hydroxylamine groups is 3. The normalized spacial score (nSPS) is 26.1. The van der Waals surface area contributed by atoms with E-state index in [1.54, 1.807) is 0 Å². The Hall–Kier alpha value is -1.41. The Labute approximate surface area is 140 Å². The molecular formula is C11H14F2N4O5S2.